The molecule has 0 rings (SSSR count). The molecule has 512 valence electrons. The standard InChI is InChI=1S/C82H126NO8P/c1-6-8-10-12-14-16-18-20-22-24-26-28-30-32-34-36-37-38-39-40-41-42-43-44-45-47-49-51-53-55-57-59-61-63-65-67-69-71-73-75-82(85)91-80(79-90-92(86,87)89-77-76-83(3,4)5)78-88-81(84)74-72-70-68-66-64-62-60-58-56-54-52-50-48-46-35-33-31-29-27-25-23-21-19-17-15-13-11-9-7-2/h8-11,14-17,20-23,26-29,32-35,37-38,40-41,43-44,47-50,53-56,59,61,65,67,80H,6-7,12-13,18-19,24-25,30-31,36,39,42,45-46,51-52,57-58,60,62-64,66,68-79H2,1-5H3/p+1/b10-8-,11-9-,16-14-,17-15-,22-20-,23-21-,28-26-,29-27-,34-32-,35-33-,38-37-,41-40-,44-43-,49-47-,50-48-,55-53-,56-54-,61-59-,67-65-. The summed E-state index contributed by atoms with van der Waals surface area (Å²) in [6, 6.07) is 0. The van der Waals surface area contributed by atoms with Crippen LogP contribution in [0, 0.1) is 0 Å². The summed E-state index contributed by atoms with van der Waals surface area (Å²) in [7, 11) is 1.40. The van der Waals surface area contributed by atoms with Gasteiger partial charge in [0.05, 0.1) is 27.7 Å². The number of unbranched alkanes of at least 4 members (excludes halogenated alkanes) is 9. The summed E-state index contributed by atoms with van der Waals surface area (Å²) < 4.78 is 34.6. The predicted molar refractivity (Wildman–Crippen MR) is 398 cm³/mol. The molecule has 2 unspecified atom stereocenters. The number of phosphoric ester groups is 1. The van der Waals surface area contributed by atoms with Crippen LogP contribution in [0.5, 0.6) is 0 Å². The molecule has 2 atom stereocenters. The summed E-state index contributed by atoms with van der Waals surface area (Å²) in [6.45, 7) is 4.10. The zero-order valence-electron chi connectivity index (χ0n) is 58.2. The van der Waals surface area contributed by atoms with Crippen molar-refractivity contribution in [3.05, 3.63) is 231 Å². The Balaban J connectivity index is 4.27. The maximum atomic E-state index is 12.9. The molecule has 0 fully saturated rings. The van der Waals surface area contributed by atoms with Gasteiger partial charge in [-0.25, -0.2) is 4.57 Å². The van der Waals surface area contributed by atoms with Gasteiger partial charge in [-0.1, -0.05) is 277 Å². The van der Waals surface area contributed by atoms with E-state index >= 15 is 0 Å². The van der Waals surface area contributed by atoms with E-state index in [-0.39, 0.29) is 26.1 Å². The third-order valence-electron chi connectivity index (χ3n) is 13.7. The van der Waals surface area contributed by atoms with Crippen LogP contribution < -0.4 is 0 Å². The lowest BCUT2D eigenvalue weighted by molar-refractivity contribution is -0.870. The third-order valence-corrected chi connectivity index (χ3v) is 14.7. The van der Waals surface area contributed by atoms with E-state index in [4.69, 9.17) is 18.5 Å². The van der Waals surface area contributed by atoms with E-state index in [0.29, 0.717) is 23.9 Å². The van der Waals surface area contributed by atoms with Gasteiger partial charge in [-0.2, -0.15) is 0 Å². The first-order valence-corrected chi connectivity index (χ1v) is 36.6. The van der Waals surface area contributed by atoms with Crippen LogP contribution >= 0.6 is 7.82 Å². The maximum absolute atomic E-state index is 12.9. The zero-order chi connectivity index (χ0) is 66.9. The number of nitrogens with zero attached hydrogens (tertiary/aromatic N) is 1. The molecule has 0 aromatic heterocycles. The number of rotatable bonds is 61. The Morgan fingerprint density at radius 2 is 0.587 bits per heavy atom. The second kappa shape index (κ2) is 69.4. The van der Waals surface area contributed by atoms with Crippen molar-refractivity contribution in [2.75, 3.05) is 47.5 Å². The molecule has 0 saturated carbocycles. The quantitative estimate of drug-likeness (QED) is 0.0211. The fourth-order valence-corrected chi connectivity index (χ4v) is 9.13. The molecule has 0 aromatic rings. The highest BCUT2D eigenvalue weighted by Gasteiger charge is 2.27. The van der Waals surface area contributed by atoms with Crippen molar-refractivity contribution in [2.45, 2.75) is 225 Å². The van der Waals surface area contributed by atoms with Crippen molar-refractivity contribution in [3.8, 4) is 0 Å². The van der Waals surface area contributed by atoms with Gasteiger partial charge in [0, 0.05) is 12.8 Å². The molecular formula is C82H127NO8P+. The fraction of sp³-hybridized carbons (Fsp3) is 0.512. The largest absolute Gasteiger partial charge is 0.472 e. The van der Waals surface area contributed by atoms with Crippen LogP contribution in [0.1, 0.15) is 219 Å². The highest BCUT2D eigenvalue weighted by Crippen LogP contribution is 2.43. The van der Waals surface area contributed by atoms with Gasteiger partial charge in [0.15, 0.2) is 6.10 Å². The number of allylic oxidation sites excluding steroid dienone is 38. The molecule has 0 bridgehead atoms. The molecule has 0 saturated heterocycles. The highest BCUT2D eigenvalue weighted by molar-refractivity contribution is 7.47. The Labute approximate surface area is 562 Å². The first-order chi connectivity index (χ1) is 45.0. The van der Waals surface area contributed by atoms with Crippen molar-refractivity contribution in [3.63, 3.8) is 0 Å². The Morgan fingerprint density at radius 3 is 0.891 bits per heavy atom. The van der Waals surface area contributed by atoms with Crippen LogP contribution in [0.25, 0.3) is 0 Å². The molecule has 92 heavy (non-hydrogen) atoms. The average molecular weight is 1290 g/mol. The van der Waals surface area contributed by atoms with Gasteiger partial charge in [-0.3, -0.25) is 18.6 Å². The van der Waals surface area contributed by atoms with E-state index in [1.807, 2.05) is 21.1 Å². The number of likely N-dealkylation sites (N-methyl/N-ethyl adjacent to an activating group) is 1. The summed E-state index contributed by atoms with van der Waals surface area (Å²) in [6.07, 6.45) is 113. The molecule has 0 heterocycles. The number of esters is 2. The first-order valence-electron chi connectivity index (χ1n) is 35.1. The minimum atomic E-state index is -4.43. The van der Waals surface area contributed by atoms with Gasteiger partial charge in [-0.15, -0.1) is 0 Å². The topological polar surface area (TPSA) is 108 Å². The lowest BCUT2D eigenvalue weighted by Gasteiger charge is -2.24. The molecule has 0 radical (unpaired) electrons. The van der Waals surface area contributed by atoms with Crippen molar-refractivity contribution in [1.82, 2.24) is 0 Å². The van der Waals surface area contributed by atoms with E-state index < -0.39 is 32.5 Å². The number of carbonyl (C=O) groups is 2. The normalized spacial score (nSPS) is 14.5. The van der Waals surface area contributed by atoms with Crippen LogP contribution in [0.2, 0.25) is 0 Å². The van der Waals surface area contributed by atoms with Gasteiger partial charge < -0.3 is 18.9 Å². The Hall–Kier alpha value is -5.93. The van der Waals surface area contributed by atoms with Gasteiger partial charge in [0.1, 0.15) is 19.8 Å². The average Bonchev–Trinajstić information content (AvgIpc) is 2.14. The number of carbonyl (C=O) groups excluding carboxylic acids is 2. The molecule has 0 amide bonds. The molecule has 0 aliphatic rings. The van der Waals surface area contributed by atoms with Crippen LogP contribution in [-0.2, 0) is 32.7 Å². The summed E-state index contributed by atoms with van der Waals surface area (Å²) in [5.41, 5.74) is 0. The predicted octanol–water partition coefficient (Wildman–Crippen LogP) is 23.4. The SMILES string of the molecule is CC/C=C\C/C=C\C/C=C\C/C=C\C/C=C\C/C=C\C/C=C\C/C=C\C/C=C\C/C=C\C/C=C\C/C=C\CCCCC(=O)OC(COC(=O)CCCCCCCCC/C=C\C/C=C\C/C=C\C/C=C\C/C=C\C/C=C\C/C=C\CC)COP(=O)(O)OCC[N+](C)(C)C. The van der Waals surface area contributed by atoms with Crippen molar-refractivity contribution in [2.24, 2.45) is 0 Å². The lowest BCUT2D eigenvalue weighted by atomic mass is 10.1. The van der Waals surface area contributed by atoms with Crippen molar-refractivity contribution in [1.29, 1.82) is 0 Å². The minimum absolute atomic E-state index is 0.00720. The summed E-state index contributed by atoms with van der Waals surface area (Å²) in [5, 5.41) is 0. The minimum Gasteiger partial charge on any atom is -0.462 e. The molecule has 0 aliphatic heterocycles. The first kappa shape index (κ1) is 86.1. The summed E-state index contributed by atoms with van der Waals surface area (Å²) in [4.78, 5) is 35.9. The van der Waals surface area contributed by atoms with Crippen LogP contribution in [0.15, 0.2) is 231 Å². The zero-order valence-corrected chi connectivity index (χ0v) is 59.1. The second-order valence-corrected chi connectivity index (χ2v) is 24.9. The molecular weight excluding hydrogens is 1160 g/mol. The number of quaternary nitrogens is 1. The van der Waals surface area contributed by atoms with E-state index in [9.17, 15) is 19.0 Å². The van der Waals surface area contributed by atoms with Crippen molar-refractivity contribution < 1.29 is 42.1 Å². The molecule has 0 spiro atoms. The summed E-state index contributed by atoms with van der Waals surface area (Å²) in [5.74, 6) is -0.882. The maximum Gasteiger partial charge on any atom is 0.472 e. The number of hydrogen-bond donors (Lipinski definition) is 1. The second-order valence-electron chi connectivity index (χ2n) is 23.4. The van der Waals surface area contributed by atoms with Gasteiger partial charge in [0.2, 0.25) is 0 Å². The molecule has 9 nitrogen and oxygen atoms in total. The van der Waals surface area contributed by atoms with E-state index in [2.05, 4.69) is 245 Å². The fourth-order valence-electron chi connectivity index (χ4n) is 8.39. The van der Waals surface area contributed by atoms with Crippen LogP contribution in [0.4, 0.5) is 0 Å². The number of ether oxygens (including phenoxy) is 2. The number of hydrogen-bond acceptors (Lipinski definition) is 7. The van der Waals surface area contributed by atoms with E-state index in [0.717, 1.165) is 161 Å². The monoisotopic (exact) mass is 1280 g/mol. The number of phosphoric acid groups is 1. The molecule has 0 aromatic carbocycles. The highest BCUT2D eigenvalue weighted by atomic mass is 31.2. The molecule has 10 heteroatoms. The molecule has 0 aliphatic carbocycles. The molecule has 1 N–H and O–H groups in total. The Bertz CT molecular complexity index is 2400. The third kappa shape index (κ3) is 73.1. The van der Waals surface area contributed by atoms with Gasteiger partial charge in [-0.05, 0) is 161 Å². The van der Waals surface area contributed by atoms with E-state index in [1.54, 1.807) is 0 Å². The Morgan fingerprint density at radius 1 is 0.337 bits per heavy atom. The van der Waals surface area contributed by atoms with E-state index in [1.165, 1.54) is 19.3 Å². The van der Waals surface area contributed by atoms with Crippen LogP contribution in [0.3, 0.4) is 0 Å². The summed E-state index contributed by atoms with van der Waals surface area (Å²) >= 11 is 0. The lowest BCUT2D eigenvalue weighted by Crippen LogP contribution is -2.37. The smallest absolute Gasteiger partial charge is 0.462 e. The van der Waals surface area contributed by atoms with Gasteiger partial charge >= 0.3 is 19.8 Å². The van der Waals surface area contributed by atoms with Gasteiger partial charge in [0.25, 0.3) is 0 Å². The Kier molecular flexibility index (Phi) is 64.9. The van der Waals surface area contributed by atoms with Crippen LogP contribution in [-0.4, -0.2) is 74.9 Å². The van der Waals surface area contributed by atoms with Crippen molar-refractivity contribution >= 4 is 19.8 Å².